The molecule has 20 heavy (non-hydrogen) atoms. The van der Waals surface area contributed by atoms with Gasteiger partial charge in [-0.25, -0.2) is 8.78 Å². The highest BCUT2D eigenvalue weighted by Gasteiger charge is 2.15. The molecule has 0 fully saturated rings. The topological polar surface area (TPSA) is 22.0 Å². The van der Waals surface area contributed by atoms with E-state index < -0.39 is 11.6 Å². The Balaban J connectivity index is 2.52. The fourth-order valence-electron chi connectivity index (χ4n) is 2.28. The second kappa shape index (κ2) is 4.56. The van der Waals surface area contributed by atoms with Gasteiger partial charge >= 0.3 is 0 Å². The zero-order valence-electron chi connectivity index (χ0n) is 10.7. The predicted octanol–water partition coefficient (Wildman–Crippen LogP) is 3.58. The number of hydrogen-bond acceptors (Lipinski definition) is 1. The third-order valence-electron chi connectivity index (χ3n) is 3.27. The van der Waals surface area contributed by atoms with E-state index in [0.717, 1.165) is 6.07 Å². The Morgan fingerprint density at radius 2 is 1.70 bits per heavy atom. The number of halogens is 2. The van der Waals surface area contributed by atoms with E-state index >= 15 is 0 Å². The van der Waals surface area contributed by atoms with E-state index in [1.807, 2.05) is 6.07 Å². The van der Waals surface area contributed by atoms with Crippen LogP contribution >= 0.6 is 0 Å². The molecule has 0 bridgehead atoms. The van der Waals surface area contributed by atoms with E-state index in [-0.39, 0.29) is 16.3 Å². The van der Waals surface area contributed by atoms with Crippen molar-refractivity contribution in [1.82, 2.24) is 4.57 Å². The molecule has 3 rings (SSSR count). The van der Waals surface area contributed by atoms with Crippen molar-refractivity contribution < 1.29 is 8.78 Å². The Labute approximate surface area is 113 Å². The standard InChI is InChI=1S/C16H11F2NO/c1-10-9-19(11-5-3-2-4-6-11)15-12(16(10)20)7-8-13(17)14(15)18/h2-9H,1H3. The van der Waals surface area contributed by atoms with Crippen molar-refractivity contribution in [2.24, 2.45) is 0 Å². The summed E-state index contributed by atoms with van der Waals surface area (Å²) in [6, 6.07) is 11.3. The summed E-state index contributed by atoms with van der Waals surface area (Å²) in [5.41, 5.74) is 0.829. The van der Waals surface area contributed by atoms with Gasteiger partial charge in [-0.15, -0.1) is 0 Å². The lowest BCUT2D eigenvalue weighted by molar-refractivity contribution is 0.514. The second-order valence-electron chi connectivity index (χ2n) is 4.60. The summed E-state index contributed by atoms with van der Waals surface area (Å²) < 4.78 is 29.1. The van der Waals surface area contributed by atoms with Crippen LogP contribution in [0.25, 0.3) is 16.6 Å². The van der Waals surface area contributed by atoms with Gasteiger partial charge < -0.3 is 4.57 Å². The molecular formula is C16H11F2NO. The minimum Gasteiger partial charge on any atom is -0.313 e. The number of nitrogens with zero attached hydrogens (tertiary/aromatic N) is 1. The highest BCUT2D eigenvalue weighted by Crippen LogP contribution is 2.22. The first-order valence-electron chi connectivity index (χ1n) is 6.15. The molecule has 0 unspecified atom stereocenters. The van der Waals surface area contributed by atoms with E-state index in [0.29, 0.717) is 11.3 Å². The average molecular weight is 271 g/mol. The number of para-hydroxylation sites is 1. The molecule has 1 aromatic heterocycles. The molecular weight excluding hydrogens is 260 g/mol. The van der Waals surface area contributed by atoms with Crippen LogP contribution in [0.3, 0.4) is 0 Å². The molecule has 0 N–H and O–H groups in total. The summed E-state index contributed by atoms with van der Waals surface area (Å²) >= 11 is 0. The smallest absolute Gasteiger partial charge is 0.192 e. The van der Waals surface area contributed by atoms with E-state index in [2.05, 4.69) is 0 Å². The van der Waals surface area contributed by atoms with E-state index in [4.69, 9.17) is 0 Å². The fourth-order valence-corrected chi connectivity index (χ4v) is 2.28. The van der Waals surface area contributed by atoms with Crippen molar-refractivity contribution in [1.29, 1.82) is 0 Å². The highest BCUT2D eigenvalue weighted by molar-refractivity contribution is 5.82. The molecule has 0 atom stereocenters. The maximum Gasteiger partial charge on any atom is 0.192 e. The Kier molecular flexibility index (Phi) is 2.86. The molecule has 0 aliphatic rings. The monoisotopic (exact) mass is 271 g/mol. The van der Waals surface area contributed by atoms with Gasteiger partial charge in [-0.3, -0.25) is 4.79 Å². The van der Waals surface area contributed by atoms with Crippen molar-refractivity contribution >= 4 is 10.9 Å². The van der Waals surface area contributed by atoms with Crippen LogP contribution < -0.4 is 5.43 Å². The summed E-state index contributed by atoms with van der Waals surface area (Å²) in [6.45, 7) is 1.66. The third-order valence-corrected chi connectivity index (χ3v) is 3.27. The lowest BCUT2D eigenvalue weighted by Gasteiger charge is -2.13. The average Bonchev–Trinajstić information content (AvgIpc) is 2.47. The molecule has 0 saturated heterocycles. The molecule has 100 valence electrons. The summed E-state index contributed by atoms with van der Waals surface area (Å²) in [5.74, 6) is -1.98. The molecule has 0 spiro atoms. The lowest BCUT2D eigenvalue weighted by atomic mass is 10.1. The van der Waals surface area contributed by atoms with Gasteiger partial charge in [0.1, 0.15) is 0 Å². The first-order chi connectivity index (χ1) is 9.59. The molecule has 3 aromatic rings. The van der Waals surface area contributed by atoms with Crippen LogP contribution in [0.2, 0.25) is 0 Å². The van der Waals surface area contributed by atoms with Crippen molar-refractivity contribution in [2.75, 3.05) is 0 Å². The largest absolute Gasteiger partial charge is 0.313 e. The maximum absolute atomic E-state index is 14.1. The van der Waals surface area contributed by atoms with Crippen LogP contribution in [0.1, 0.15) is 5.56 Å². The van der Waals surface area contributed by atoms with Crippen LogP contribution in [0.15, 0.2) is 53.5 Å². The van der Waals surface area contributed by atoms with Crippen molar-refractivity contribution in [2.45, 2.75) is 6.92 Å². The van der Waals surface area contributed by atoms with Gasteiger partial charge in [0.2, 0.25) is 0 Å². The second-order valence-corrected chi connectivity index (χ2v) is 4.60. The van der Waals surface area contributed by atoms with Gasteiger partial charge in [0.05, 0.1) is 5.52 Å². The first kappa shape index (κ1) is 12.5. The van der Waals surface area contributed by atoms with Crippen LogP contribution in [0.4, 0.5) is 8.78 Å². The predicted molar refractivity (Wildman–Crippen MR) is 74.2 cm³/mol. The molecule has 0 aliphatic heterocycles. The van der Waals surface area contributed by atoms with Crippen molar-refractivity contribution in [3.05, 3.63) is 76.1 Å². The van der Waals surface area contributed by atoms with Gasteiger partial charge in [-0.05, 0) is 31.2 Å². The van der Waals surface area contributed by atoms with Crippen LogP contribution in [0, 0.1) is 18.6 Å². The summed E-state index contributed by atoms with van der Waals surface area (Å²) in [4.78, 5) is 12.1. The summed E-state index contributed by atoms with van der Waals surface area (Å²) in [6.07, 6.45) is 1.53. The molecule has 0 saturated carbocycles. The van der Waals surface area contributed by atoms with Gasteiger partial charge in [0.25, 0.3) is 0 Å². The number of pyridine rings is 1. The van der Waals surface area contributed by atoms with Crippen LogP contribution in [-0.2, 0) is 0 Å². The molecule has 1 heterocycles. The Bertz CT molecular complexity index is 854. The van der Waals surface area contributed by atoms with Gasteiger partial charge in [-0.1, -0.05) is 18.2 Å². The minimum atomic E-state index is -1.01. The number of aryl methyl sites for hydroxylation is 1. The highest BCUT2D eigenvalue weighted by atomic mass is 19.2. The van der Waals surface area contributed by atoms with E-state index in [1.165, 1.54) is 16.8 Å². The Morgan fingerprint density at radius 3 is 2.40 bits per heavy atom. The summed E-state index contributed by atoms with van der Waals surface area (Å²) in [5, 5.41) is 0.174. The lowest BCUT2D eigenvalue weighted by Crippen LogP contribution is -2.13. The minimum absolute atomic E-state index is 0.0354. The van der Waals surface area contributed by atoms with Gasteiger partial charge in [0, 0.05) is 22.8 Å². The SMILES string of the molecule is Cc1cn(-c2ccccc2)c2c(F)c(F)ccc2c1=O. The van der Waals surface area contributed by atoms with Crippen molar-refractivity contribution in [3.8, 4) is 5.69 Å². The maximum atomic E-state index is 14.1. The number of hydrogen-bond donors (Lipinski definition) is 0. The molecule has 4 heteroatoms. The number of benzene rings is 2. The zero-order valence-corrected chi connectivity index (χ0v) is 10.7. The van der Waals surface area contributed by atoms with Gasteiger partial charge in [0.15, 0.2) is 17.1 Å². The Hall–Kier alpha value is -2.49. The van der Waals surface area contributed by atoms with Crippen molar-refractivity contribution in [3.63, 3.8) is 0 Å². The van der Waals surface area contributed by atoms with Crippen LogP contribution in [-0.4, -0.2) is 4.57 Å². The summed E-state index contributed by atoms with van der Waals surface area (Å²) in [7, 11) is 0. The fraction of sp³-hybridized carbons (Fsp3) is 0.0625. The number of fused-ring (bicyclic) bond motifs is 1. The molecule has 2 aromatic carbocycles. The molecule has 0 radical (unpaired) electrons. The Morgan fingerprint density at radius 1 is 1.00 bits per heavy atom. The van der Waals surface area contributed by atoms with E-state index in [9.17, 15) is 13.6 Å². The zero-order chi connectivity index (χ0) is 14.3. The van der Waals surface area contributed by atoms with E-state index in [1.54, 1.807) is 31.2 Å². The number of rotatable bonds is 1. The molecule has 2 nitrogen and oxygen atoms in total. The first-order valence-corrected chi connectivity index (χ1v) is 6.15. The molecule has 0 aliphatic carbocycles. The normalized spacial score (nSPS) is 10.9. The number of aromatic nitrogens is 1. The molecule has 0 amide bonds. The third kappa shape index (κ3) is 1.81. The quantitative estimate of drug-likeness (QED) is 0.663. The van der Waals surface area contributed by atoms with Gasteiger partial charge in [-0.2, -0.15) is 0 Å². The van der Waals surface area contributed by atoms with Crippen LogP contribution in [0.5, 0.6) is 0 Å².